The number of aromatic amines is 1. The molecule has 0 bridgehead atoms. The molecule has 5 aromatic rings. The molecule has 14 heteroatoms. The van der Waals surface area contributed by atoms with Crippen LogP contribution in [-0.2, 0) is 0 Å². The maximum absolute atomic E-state index is 13.8. The summed E-state index contributed by atoms with van der Waals surface area (Å²) in [6.45, 7) is 0. The third-order valence-electron chi connectivity index (χ3n) is 5.63. The number of thiazole rings is 1. The molecule has 1 aliphatic rings. The van der Waals surface area contributed by atoms with Crippen molar-refractivity contribution in [3.8, 4) is 17.2 Å². The number of imidazole rings is 1. The number of hydrogen-bond acceptors (Lipinski definition) is 8. The Kier molecular flexibility index (Phi) is 9.33. The number of amides is 1. The number of hydrogen-bond donors (Lipinski definition) is 3. The van der Waals surface area contributed by atoms with Crippen LogP contribution in [0.5, 0.6) is 0 Å². The van der Waals surface area contributed by atoms with Gasteiger partial charge in [0, 0.05) is 12.3 Å². The highest BCUT2D eigenvalue weighted by Crippen LogP contribution is 2.25. The Balaban J connectivity index is 0.000000163. The molecule has 0 spiro atoms. The fourth-order valence-electron chi connectivity index (χ4n) is 3.71. The second-order valence-electron chi connectivity index (χ2n) is 8.47. The van der Waals surface area contributed by atoms with Gasteiger partial charge in [-0.15, -0.1) is 16.1 Å². The van der Waals surface area contributed by atoms with E-state index in [1.54, 1.807) is 42.9 Å². The van der Waals surface area contributed by atoms with E-state index in [1.165, 1.54) is 30.1 Å². The standard InChI is InChI=1S/C14H9FN6.C6H12O.C5H4F2N2OS/c15-10-4-2-1-3-9(10)14-19-11-7-13(16-8-12(11)20-14)21-17-5-6-18-21;7-6-4-2-1-3-5-6;6-3(7)2-1-9-5(11-2)4(8)10/h1-8H,(H,19,20);6-7H,1-5H2;1,3H,(H2,8,10). The van der Waals surface area contributed by atoms with Gasteiger partial charge in [-0.05, 0) is 25.0 Å². The molecule has 0 aliphatic heterocycles. The second-order valence-corrected chi connectivity index (χ2v) is 9.53. The zero-order valence-corrected chi connectivity index (χ0v) is 21.4. The van der Waals surface area contributed by atoms with Crippen LogP contribution in [0.3, 0.4) is 0 Å². The number of aromatic nitrogens is 7. The van der Waals surface area contributed by atoms with Crippen LogP contribution in [-0.4, -0.2) is 52.0 Å². The van der Waals surface area contributed by atoms with Crippen molar-refractivity contribution in [1.82, 2.24) is 34.9 Å². The number of aliphatic hydroxyl groups excluding tert-OH is 1. The van der Waals surface area contributed by atoms with Crippen molar-refractivity contribution in [3.05, 3.63) is 70.8 Å². The maximum atomic E-state index is 13.8. The Bertz CT molecular complexity index is 1500. The van der Waals surface area contributed by atoms with E-state index in [1.807, 2.05) is 0 Å². The van der Waals surface area contributed by atoms with Gasteiger partial charge < -0.3 is 15.8 Å². The number of alkyl halides is 2. The summed E-state index contributed by atoms with van der Waals surface area (Å²) in [6.07, 6.45) is 9.07. The van der Waals surface area contributed by atoms with Gasteiger partial charge >= 0.3 is 0 Å². The first-order valence-corrected chi connectivity index (χ1v) is 12.8. The van der Waals surface area contributed by atoms with Crippen molar-refractivity contribution in [2.24, 2.45) is 5.73 Å². The molecule has 1 aromatic carbocycles. The minimum Gasteiger partial charge on any atom is -0.393 e. The van der Waals surface area contributed by atoms with Crippen LogP contribution in [0.4, 0.5) is 13.2 Å². The molecule has 4 heterocycles. The SMILES string of the molecule is Fc1ccccc1-c1nc2cc(-n3nccn3)ncc2[nH]1.NC(=O)c1ncc(C(F)F)s1.OC1CCCCC1. The average molecular weight is 559 g/mol. The van der Waals surface area contributed by atoms with Gasteiger partial charge in [0.1, 0.15) is 11.6 Å². The smallest absolute Gasteiger partial charge is 0.277 e. The molecule has 10 nitrogen and oxygen atoms in total. The number of primary amides is 1. The van der Waals surface area contributed by atoms with Crippen LogP contribution < -0.4 is 5.73 Å². The number of fused-ring (bicyclic) bond motifs is 1. The number of carbonyl (C=O) groups is 1. The van der Waals surface area contributed by atoms with Crippen LogP contribution in [0.15, 0.2) is 55.1 Å². The van der Waals surface area contributed by atoms with Gasteiger partial charge in [-0.1, -0.05) is 31.4 Å². The highest BCUT2D eigenvalue weighted by Gasteiger charge is 2.14. The molecule has 4 N–H and O–H groups in total. The van der Waals surface area contributed by atoms with Crippen LogP contribution in [0.1, 0.15) is 53.2 Å². The lowest BCUT2D eigenvalue weighted by Crippen LogP contribution is -2.09. The fourth-order valence-corrected chi connectivity index (χ4v) is 4.33. The number of benzene rings is 1. The van der Waals surface area contributed by atoms with Gasteiger partial charge in [-0.3, -0.25) is 4.79 Å². The number of carbonyl (C=O) groups excluding carboxylic acids is 1. The lowest BCUT2D eigenvalue weighted by molar-refractivity contribution is 0.1000. The molecule has 1 amide bonds. The molecule has 0 radical (unpaired) electrons. The van der Waals surface area contributed by atoms with E-state index >= 15 is 0 Å². The molecule has 39 heavy (non-hydrogen) atoms. The number of H-pyrrole nitrogens is 1. The average Bonchev–Trinajstić information content (AvgIpc) is 3.71. The van der Waals surface area contributed by atoms with E-state index in [9.17, 15) is 18.0 Å². The van der Waals surface area contributed by atoms with Crippen LogP contribution in [0, 0.1) is 5.82 Å². The number of aliphatic hydroxyl groups is 1. The minimum absolute atomic E-state index is 0.0359. The number of pyridine rings is 1. The summed E-state index contributed by atoms with van der Waals surface area (Å²) >= 11 is 0.613. The van der Waals surface area contributed by atoms with Crippen molar-refractivity contribution in [2.75, 3.05) is 0 Å². The van der Waals surface area contributed by atoms with Crippen LogP contribution in [0.2, 0.25) is 0 Å². The van der Waals surface area contributed by atoms with Crippen molar-refractivity contribution in [2.45, 2.75) is 44.6 Å². The molecule has 1 fully saturated rings. The maximum Gasteiger partial charge on any atom is 0.277 e. The lowest BCUT2D eigenvalue weighted by atomic mass is 9.98. The summed E-state index contributed by atoms with van der Waals surface area (Å²) in [6, 6.07) is 8.24. The monoisotopic (exact) mass is 558 g/mol. The number of rotatable bonds is 4. The predicted octanol–water partition coefficient (Wildman–Crippen LogP) is 4.84. The van der Waals surface area contributed by atoms with Gasteiger partial charge in [0.05, 0.1) is 46.2 Å². The van der Waals surface area contributed by atoms with Crippen molar-refractivity contribution in [1.29, 1.82) is 0 Å². The van der Waals surface area contributed by atoms with Gasteiger partial charge in [0.25, 0.3) is 12.3 Å². The molecule has 4 aromatic heterocycles. The highest BCUT2D eigenvalue weighted by atomic mass is 32.1. The zero-order valence-electron chi connectivity index (χ0n) is 20.5. The van der Waals surface area contributed by atoms with Gasteiger partial charge in [-0.2, -0.15) is 10.2 Å². The molecule has 0 atom stereocenters. The molecule has 1 aliphatic carbocycles. The van der Waals surface area contributed by atoms with Crippen molar-refractivity contribution in [3.63, 3.8) is 0 Å². The predicted molar refractivity (Wildman–Crippen MR) is 139 cm³/mol. The third kappa shape index (κ3) is 7.45. The highest BCUT2D eigenvalue weighted by molar-refractivity contribution is 7.13. The lowest BCUT2D eigenvalue weighted by Gasteiger charge is -2.14. The summed E-state index contributed by atoms with van der Waals surface area (Å²) in [7, 11) is 0. The summed E-state index contributed by atoms with van der Waals surface area (Å²) in [5.74, 6) is -0.0741. The molecule has 0 unspecified atom stereocenters. The van der Waals surface area contributed by atoms with Crippen LogP contribution >= 0.6 is 11.3 Å². The summed E-state index contributed by atoms with van der Waals surface area (Å²) in [5.41, 5.74) is 6.62. The van der Waals surface area contributed by atoms with E-state index in [2.05, 4.69) is 30.1 Å². The van der Waals surface area contributed by atoms with E-state index in [0.29, 0.717) is 34.1 Å². The molecular formula is C25H25F3N8O2S. The normalized spacial score (nSPS) is 13.5. The molecule has 204 valence electrons. The molecular weight excluding hydrogens is 533 g/mol. The van der Waals surface area contributed by atoms with E-state index < -0.39 is 12.3 Å². The first kappa shape index (κ1) is 27.9. The number of nitrogens with zero attached hydrogens (tertiary/aromatic N) is 6. The van der Waals surface area contributed by atoms with Crippen molar-refractivity contribution >= 4 is 28.3 Å². The van der Waals surface area contributed by atoms with Gasteiger partial charge in [0.15, 0.2) is 10.8 Å². The van der Waals surface area contributed by atoms with E-state index in [0.717, 1.165) is 24.6 Å². The van der Waals surface area contributed by atoms with Gasteiger partial charge in [0.2, 0.25) is 0 Å². The number of nitrogens with two attached hydrogens (primary N) is 1. The van der Waals surface area contributed by atoms with Crippen molar-refractivity contribution < 1.29 is 23.1 Å². The molecule has 1 saturated carbocycles. The Morgan fingerprint density at radius 2 is 1.82 bits per heavy atom. The Labute approximate surface area is 224 Å². The largest absolute Gasteiger partial charge is 0.393 e. The first-order chi connectivity index (χ1) is 18.8. The first-order valence-electron chi connectivity index (χ1n) is 12.0. The topological polar surface area (TPSA) is 148 Å². The molecule has 6 rings (SSSR count). The Morgan fingerprint density at radius 1 is 1.10 bits per heavy atom. The summed E-state index contributed by atoms with van der Waals surface area (Å²) in [5, 5.41) is 16.9. The Morgan fingerprint density at radius 3 is 2.38 bits per heavy atom. The van der Waals surface area contributed by atoms with Gasteiger partial charge in [-0.25, -0.2) is 28.1 Å². The summed E-state index contributed by atoms with van der Waals surface area (Å²) in [4.78, 5) is 26.6. The fraction of sp³-hybridized carbons (Fsp3) is 0.280. The Hall–Kier alpha value is -4.17. The van der Waals surface area contributed by atoms with Crippen LogP contribution in [0.25, 0.3) is 28.2 Å². The molecule has 0 saturated heterocycles. The quantitative estimate of drug-likeness (QED) is 0.286. The number of nitrogens with one attached hydrogen (secondary N) is 1. The summed E-state index contributed by atoms with van der Waals surface area (Å²) < 4.78 is 37.5. The number of halogens is 3. The van der Waals surface area contributed by atoms with E-state index in [4.69, 9.17) is 10.8 Å². The minimum atomic E-state index is -2.58. The van der Waals surface area contributed by atoms with E-state index in [-0.39, 0.29) is 21.8 Å². The third-order valence-corrected chi connectivity index (χ3v) is 6.65. The second kappa shape index (κ2) is 13.1. The zero-order chi connectivity index (χ0) is 27.8.